The van der Waals surface area contributed by atoms with Gasteiger partial charge in [0.05, 0.1) is 33.0 Å². The Morgan fingerprint density at radius 1 is 0.382 bits per heavy atom. The van der Waals surface area contributed by atoms with Gasteiger partial charge in [0.25, 0.3) is 0 Å². The van der Waals surface area contributed by atoms with Gasteiger partial charge in [-0.05, 0) is 118 Å². The van der Waals surface area contributed by atoms with E-state index in [1.807, 2.05) is 0 Å². The number of carbonyl (C=O) groups excluding carboxylic acids is 1. The standard InChI is InChI=1S/C67H98O9/c1-6-11-15-19-27-51-39-55-47-57-41-52(28-20-16-12-7-2)43-59(65(57)74-35-24-32-69)49-61-45-54(30-22-18-14-9-4)46-62(67(61)76-38-26-37-72-63(71)10-5)50-60-44-53(29-21-17-13-8-3)42-58(66(60)75-36-25-33-70)48-56(40-51)64(55)73-34-23-31-68/h10,39-46,68-70H,5-9,11-38,47-50H2,1-4H3. The smallest absolute Gasteiger partial charge is 0.330 e. The molecule has 0 fully saturated rings. The van der Waals surface area contributed by atoms with E-state index < -0.39 is 5.97 Å². The second-order valence-electron chi connectivity index (χ2n) is 21.3. The Kier molecular flexibility index (Phi) is 29.6. The lowest BCUT2D eigenvalue weighted by atomic mass is 9.87. The van der Waals surface area contributed by atoms with Gasteiger partial charge >= 0.3 is 5.97 Å². The zero-order chi connectivity index (χ0) is 54.2. The molecule has 0 saturated carbocycles. The van der Waals surface area contributed by atoms with Crippen LogP contribution in [0.5, 0.6) is 23.0 Å². The lowest BCUT2D eigenvalue weighted by Crippen LogP contribution is -2.13. The van der Waals surface area contributed by atoms with Gasteiger partial charge in [-0.3, -0.25) is 0 Å². The SMILES string of the molecule is C=CC(=O)OCCCOc1c2cc(CCCCCC)cc1Cc1cc(CCCCCC)cc(c1OCCCO)Cc1cc(CCCCCC)cc(c1OCCCO)Cc1cc(CCCCCC)cc(c1OCCCO)C2. The highest BCUT2D eigenvalue weighted by molar-refractivity contribution is 5.81. The minimum atomic E-state index is -0.446. The molecule has 0 atom stereocenters. The molecule has 4 aromatic carbocycles. The molecule has 0 amide bonds. The monoisotopic (exact) mass is 1050 g/mol. The molecule has 8 bridgehead atoms. The van der Waals surface area contributed by atoms with E-state index in [1.54, 1.807) is 0 Å². The van der Waals surface area contributed by atoms with E-state index in [-0.39, 0.29) is 26.4 Å². The molecule has 76 heavy (non-hydrogen) atoms. The molecule has 0 radical (unpaired) electrons. The summed E-state index contributed by atoms with van der Waals surface area (Å²) in [5.74, 6) is 2.95. The largest absolute Gasteiger partial charge is 0.493 e. The Balaban J connectivity index is 1.89. The van der Waals surface area contributed by atoms with E-state index in [9.17, 15) is 20.1 Å². The number of ether oxygens (including phenoxy) is 5. The minimum absolute atomic E-state index is 0.0301. The van der Waals surface area contributed by atoms with Crippen molar-refractivity contribution in [2.24, 2.45) is 0 Å². The molecule has 1 aliphatic rings. The Bertz CT molecular complexity index is 2190. The van der Waals surface area contributed by atoms with Crippen molar-refractivity contribution in [2.75, 3.05) is 52.9 Å². The van der Waals surface area contributed by atoms with Gasteiger partial charge in [0, 0.05) is 77.3 Å². The van der Waals surface area contributed by atoms with Gasteiger partial charge in [0.2, 0.25) is 0 Å². The van der Waals surface area contributed by atoms with Gasteiger partial charge in [-0.2, -0.15) is 0 Å². The zero-order valence-electron chi connectivity index (χ0n) is 47.7. The van der Waals surface area contributed by atoms with E-state index in [2.05, 4.69) is 82.8 Å². The van der Waals surface area contributed by atoms with Crippen molar-refractivity contribution >= 4 is 5.97 Å². The topological polar surface area (TPSA) is 124 Å². The van der Waals surface area contributed by atoms with Crippen LogP contribution in [0.4, 0.5) is 0 Å². The maximum atomic E-state index is 12.1. The summed E-state index contributed by atoms with van der Waals surface area (Å²) < 4.78 is 33.3. The van der Waals surface area contributed by atoms with E-state index in [0.717, 1.165) is 145 Å². The fourth-order valence-electron chi connectivity index (χ4n) is 10.7. The first-order valence-corrected chi connectivity index (χ1v) is 30.0. The summed E-state index contributed by atoms with van der Waals surface area (Å²) in [4.78, 5) is 12.1. The van der Waals surface area contributed by atoms with Crippen LogP contribution in [0, 0.1) is 0 Å². The zero-order valence-corrected chi connectivity index (χ0v) is 47.7. The number of aliphatic hydroxyl groups is 3. The molecule has 9 nitrogen and oxygen atoms in total. The van der Waals surface area contributed by atoms with Crippen molar-refractivity contribution in [1.82, 2.24) is 0 Å². The molecule has 1 aliphatic carbocycles. The fraction of sp³-hybridized carbons (Fsp3) is 0.597. The first kappa shape index (κ1) is 62.0. The van der Waals surface area contributed by atoms with Gasteiger partial charge in [-0.25, -0.2) is 4.79 Å². The van der Waals surface area contributed by atoms with Gasteiger partial charge < -0.3 is 39.0 Å². The summed E-state index contributed by atoms with van der Waals surface area (Å²) >= 11 is 0. The van der Waals surface area contributed by atoms with Crippen LogP contribution in [-0.4, -0.2) is 74.1 Å². The molecular formula is C67H98O9. The molecule has 420 valence electrons. The number of esters is 1. The summed E-state index contributed by atoms with van der Waals surface area (Å²) in [5, 5.41) is 30.4. The molecule has 0 aromatic heterocycles. The molecule has 0 aliphatic heterocycles. The summed E-state index contributed by atoms with van der Waals surface area (Å²) in [7, 11) is 0. The van der Waals surface area contributed by atoms with Gasteiger partial charge in [0.1, 0.15) is 23.0 Å². The fourth-order valence-corrected chi connectivity index (χ4v) is 10.7. The Morgan fingerprint density at radius 3 is 0.855 bits per heavy atom. The number of unbranched alkanes of at least 4 members (excludes halogenated alkanes) is 12. The summed E-state index contributed by atoms with van der Waals surface area (Å²) in [6.07, 6.45) is 27.8. The third-order valence-corrected chi connectivity index (χ3v) is 14.6. The van der Waals surface area contributed by atoms with Crippen LogP contribution in [0.25, 0.3) is 0 Å². The van der Waals surface area contributed by atoms with Crippen LogP contribution in [0.1, 0.15) is 223 Å². The van der Waals surface area contributed by atoms with Crippen molar-refractivity contribution in [2.45, 2.75) is 207 Å². The maximum absolute atomic E-state index is 12.1. The third kappa shape index (κ3) is 20.8. The molecule has 0 unspecified atom stereocenters. The highest BCUT2D eigenvalue weighted by atomic mass is 16.5. The van der Waals surface area contributed by atoms with Crippen LogP contribution < -0.4 is 18.9 Å². The molecule has 5 rings (SSSR count). The average Bonchev–Trinajstić information content (AvgIpc) is 3.41. The van der Waals surface area contributed by atoms with Crippen molar-refractivity contribution < 1.29 is 43.8 Å². The number of benzene rings is 4. The second-order valence-corrected chi connectivity index (χ2v) is 21.3. The van der Waals surface area contributed by atoms with E-state index in [4.69, 9.17) is 23.7 Å². The lowest BCUT2D eigenvalue weighted by molar-refractivity contribution is -0.137. The number of aliphatic hydroxyl groups excluding tert-OH is 3. The second kappa shape index (κ2) is 36.3. The Hall–Kier alpha value is -4.83. The third-order valence-electron chi connectivity index (χ3n) is 14.6. The number of aryl methyl sites for hydroxylation is 4. The number of fused-ring (bicyclic) bond motifs is 8. The number of hydrogen-bond acceptors (Lipinski definition) is 9. The molecule has 4 aromatic rings. The van der Waals surface area contributed by atoms with E-state index in [0.29, 0.717) is 77.8 Å². The highest BCUT2D eigenvalue weighted by Gasteiger charge is 2.25. The number of rotatable bonds is 38. The molecule has 0 saturated heterocycles. The first-order valence-electron chi connectivity index (χ1n) is 30.0. The van der Waals surface area contributed by atoms with Gasteiger partial charge in [0.15, 0.2) is 0 Å². The predicted molar refractivity (Wildman–Crippen MR) is 311 cm³/mol. The number of carbonyl (C=O) groups is 1. The van der Waals surface area contributed by atoms with Crippen molar-refractivity contribution in [3.63, 3.8) is 0 Å². The Morgan fingerprint density at radius 2 is 0.632 bits per heavy atom. The van der Waals surface area contributed by atoms with Crippen LogP contribution in [0.15, 0.2) is 61.2 Å². The molecule has 3 N–H and O–H groups in total. The van der Waals surface area contributed by atoms with Crippen LogP contribution in [0.3, 0.4) is 0 Å². The summed E-state index contributed by atoms with van der Waals surface area (Å²) in [6, 6.07) is 19.0. The minimum Gasteiger partial charge on any atom is -0.493 e. The molecule has 0 spiro atoms. The lowest BCUT2D eigenvalue weighted by Gasteiger charge is -2.25. The van der Waals surface area contributed by atoms with E-state index >= 15 is 0 Å². The van der Waals surface area contributed by atoms with Gasteiger partial charge in [-0.15, -0.1) is 0 Å². The van der Waals surface area contributed by atoms with Crippen LogP contribution in [0.2, 0.25) is 0 Å². The number of hydrogen-bond donors (Lipinski definition) is 3. The summed E-state index contributed by atoms with van der Waals surface area (Å²) in [6.45, 7) is 14.4. The van der Waals surface area contributed by atoms with Crippen molar-refractivity contribution in [1.29, 1.82) is 0 Å². The highest BCUT2D eigenvalue weighted by Crippen LogP contribution is 2.42. The molecule has 0 heterocycles. The van der Waals surface area contributed by atoms with E-state index in [1.165, 1.54) is 79.7 Å². The predicted octanol–water partition coefficient (Wildman–Crippen LogP) is 14.6. The van der Waals surface area contributed by atoms with Crippen molar-refractivity contribution in [3.05, 3.63) is 128 Å². The molecular weight excluding hydrogens is 949 g/mol. The molecule has 9 heteroatoms. The van der Waals surface area contributed by atoms with Crippen LogP contribution in [-0.2, 0) is 60.9 Å². The van der Waals surface area contributed by atoms with Gasteiger partial charge in [-0.1, -0.05) is 160 Å². The Labute approximate surface area is 459 Å². The quantitative estimate of drug-likeness (QED) is 0.0201. The summed E-state index contributed by atoms with van der Waals surface area (Å²) in [5.41, 5.74) is 13.9. The van der Waals surface area contributed by atoms with Crippen molar-refractivity contribution in [3.8, 4) is 23.0 Å². The normalized spacial score (nSPS) is 12.1. The maximum Gasteiger partial charge on any atom is 0.330 e. The average molecular weight is 1050 g/mol. The first-order chi connectivity index (χ1) is 37.3. The van der Waals surface area contributed by atoms with Crippen LogP contribution >= 0.6 is 0 Å².